The molecule has 0 bridgehead atoms. The van der Waals surface area contributed by atoms with Gasteiger partial charge in [-0.05, 0) is 29.7 Å². The Kier molecular flexibility index (Phi) is 3.22. The number of nitrogens with zero attached hydrogens (tertiary/aromatic N) is 3. The van der Waals surface area contributed by atoms with Crippen LogP contribution in [0.5, 0.6) is 0 Å². The lowest BCUT2D eigenvalue weighted by Crippen LogP contribution is -1.99. The number of nitrogens with two attached hydrogens (primary N) is 1. The minimum atomic E-state index is 0.273. The number of aryl methyl sites for hydroxylation is 1. The highest BCUT2D eigenvalue weighted by molar-refractivity contribution is 5.63. The van der Waals surface area contributed by atoms with Gasteiger partial charge in [-0.3, -0.25) is 4.68 Å². The van der Waals surface area contributed by atoms with E-state index < -0.39 is 0 Å². The molecule has 0 atom stereocenters. The highest BCUT2D eigenvalue weighted by atomic mass is 15.3. The van der Waals surface area contributed by atoms with Crippen molar-refractivity contribution in [2.24, 2.45) is 5.73 Å². The Morgan fingerprint density at radius 3 is 2.94 bits per heavy atom. The van der Waals surface area contributed by atoms with Crippen LogP contribution in [0.3, 0.4) is 0 Å². The van der Waals surface area contributed by atoms with Gasteiger partial charge in [0.15, 0.2) is 0 Å². The molecule has 1 aromatic carbocycles. The van der Waals surface area contributed by atoms with Gasteiger partial charge in [0.05, 0.1) is 12.3 Å². The fourth-order valence-corrected chi connectivity index (χ4v) is 1.74. The molecule has 0 saturated carbocycles. The van der Waals surface area contributed by atoms with Gasteiger partial charge in [-0.2, -0.15) is 10.4 Å². The lowest BCUT2D eigenvalue weighted by atomic mass is 10.0. The van der Waals surface area contributed by atoms with E-state index in [-0.39, 0.29) is 6.54 Å². The van der Waals surface area contributed by atoms with Crippen molar-refractivity contribution in [3.8, 4) is 17.2 Å². The summed E-state index contributed by atoms with van der Waals surface area (Å²) in [5, 5.41) is 12.7. The van der Waals surface area contributed by atoms with Crippen LogP contribution < -0.4 is 5.73 Å². The summed E-state index contributed by atoms with van der Waals surface area (Å²) < 4.78 is 1.62. The van der Waals surface area contributed by atoms with E-state index in [0.717, 1.165) is 16.7 Å². The van der Waals surface area contributed by atoms with Gasteiger partial charge in [0.25, 0.3) is 0 Å². The van der Waals surface area contributed by atoms with E-state index in [0.29, 0.717) is 6.54 Å². The SMILES string of the molecule is Cc1ccc(-c2cnn(CC#N)c2)cc1CN. The molecular weight excluding hydrogens is 212 g/mol. The Bertz CT molecular complexity index is 563. The number of aromatic nitrogens is 2. The first-order valence-electron chi connectivity index (χ1n) is 5.44. The monoisotopic (exact) mass is 226 g/mol. The van der Waals surface area contributed by atoms with Crippen LogP contribution in [0.25, 0.3) is 11.1 Å². The molecule has 0 spiro atoms. The maximum Gasteiger partial charge on any atom is 0.128 e. The molecule has 0 amide bonds. The Morgan fingerprint density at radius 2 is 2.24 bits per heavy atom. The van der Waals surface area contributed by atoms with E-state index in [4.69, 9.17) is 11.0 Å². The van der Waals surface area contributed by atoms with Crippen molar-refractivity contribution in [2.45, 2.75) is 20.0 Å². The molecule has 0 fully saturated rings. The quantitative estimate of drug-likeness (QED) is 0.868. The first kappa shape index (κ1) is 11.4. The van der Waals surface area contributed by atoms with Gasteiger partial charge < -0.3 is 5.73 Å². The molecule has 0 radical (unpaired) electrons. The van der Waals surface area contributed by atoms with Crippen LogP contribution in [0, 0.1) is 18.3 Å². The highest BCUT2D eigenvalue weighted by Crippen LogP contribution is 2.21. The van der Waals surface area contributed by atoms with Gasteiger partial charge in [0.2, 0.25) is 0 Å². The number of benzene rings is 1. The lowest BCUT2D eigenvalue weighted by molar-refractivity contribution is 0.710. The minimum Gasteiger partial charge on any atom is -0.326 e. The maximum atomic E-state index is 8.59. The molecule has 1 heterocycles. The zero-order valence-electron chi connectivity index (χ0n) is 9.72. The second kappa shape index (κ2) is 4.81. The van der Waals surface area contributed by atoms with Crippen LogP contribution in [0.1, 0.15) is 11.1 Å². The zero-order valence-corrected chi connectivity index (χ0v) is 9.72. The number of nitriles is 1. The van der Waals surface area contributed by atoms with E-state index in [1.807, 2.05) is 19.2 Å². The molecule has 0 saturated heterocycles. The van der Waals surface area contributed by atoms with E-state index >= 15 is 0 Å². The number of rotatable bonds is 3. The summed E-state index contributed by atoms with van der Waals surface area (Å²) in [6.07, 6.45) is 3.64. The van der Waals surface area contributed by atoms with Crippen molar-refractivity contribution in [1.82, 2.24) is 9.78 Å². The first-order valence-corrected chi connectivity index (χ1v) is 5.44. The third-order valence-electron chi connectivity index (χ3n) is 2.77. The number of hydrogen-bond donors (Lipinski definition) is 1. The molecule has 86 valence electrons. The van der Waals surface area contributed by atoms with Gasteiger partial charge >= 0.3 is 0 Å². The van der Waals surface area contributed by atoms with Crippen molar-refractivity contribution in [3.63, 3.8) is 0 Å². The van der Waals surface area contributed by atoms with Crippen molar-refractivity contribution in [2.75, 3.05) is 0 Å². The smallest absolute Gasteiger partial charge is 0.128 e. The summed E-state index contributed by atoms with van der Waals surface area (Å²) in [7, 11) is 0. The third kappa shape index (κ3) is 2.35. The average Bonchev–Trinajstić information content (AvgIpc) is 2.79. The van der Waals surface area contributed by atoms with Crippen LogP contribution in [0.4, 0.5) is 0 Å². The van der Waals surface area contributed by atoms with Gasteiger partial charge in [-0.1, -0.05) is 12.1 Å². The van der Waals surface area contributed by atoms with E-state index in [1.54, 1.807) is 10.9 Å². The zero-order chi connectivity index (χ0) is 12.3. The van der Waals surface area contributed by atoms with E-state index in [2.05, 4.69) is 23.3 Å². The van der Waals surface area contributed by atoms with Crippen LogP contribution in [-0.2, 0) is 13.1 Å². The normalized spacial score (nSPS) is 10.2. The molecule has 2 aromatic rings. The Morgan fingerprint density at radius 1 is 1.41 bits per heavy atom. The summed E-state index contributed by atoms with van der Waals surface area (Å²) in [4.78, 5) is 0. The lowest BCUT2D eigenvalue weighted by Gasteiger charge is -2.05. The van der Waals surface area contributed by atoms with Crippen LogP contribution >= 0.6 is 0 Å². The molecular formula is C13H14N4. The second-order valence-electron chi connectivity index (χ2n) is 3.93. The summed E-state index contributed by atoms with van der Waals surface area (Å²) in [5.41, 5.74) is 10.1. The standard InChI is InChI=1S/C13H14N4/c1-10-2-3-11(6-12(10)7-15)13-8-16-17(9-13)5-4-14/h2-3,6,8-9H,5,7,15H2,1H3. The molecule has 0 aliphatic rings. The van der Waals surface area contributed by atoms with E-state index in [1.165, 1.54) is 5.56 Å². The highest BCUT2D eigenvalue weighted by Gasteiger charge is 2.04. The average molecular weight is 226 g/mol. The van der Waals surface area contributed by atoms with Crippen molar-refractivity contribution < 1.29 is 0 Å². The summed E-state index contributed by atoms with van der Waals surface area (Å²) in [6.45, 7) is 2.85. The van der Waals surface area contributed by atoms with Crippen molar-refractivity contribution in [3.05, 3.63) is 41.7 Å². The summed E-state index contributed by atoms with van der Waals surface area (Å²) >= 11 is 0. The largest absolute Gasteiger partial charge is 0.326 e. The van der Waals surface area contributed by atoms with Crippen LogP contribution in [-0.4, -0.2) is 9.78 Å². The fourth-order valence-electron chi connectivity index (χ4n) is 1.74. The Labute approximate surface area is 100 Å². The molecule has 0 aliphatic carbocycles. The third-order valence-corrected chi connectivity index (χ3v) is 2.77. The van der Waals surface area contributed by atoms with Crippen LogP contribution in [0.15, 0.2) is 30.6 Å². The maximum absolute atomic E-state index is 8.59. The predicted molar refractivity (Wildman–Crippen MR) is 65.9 cm³/mol. The van der Waals surface area contributed by atoms with E-state index in [9.17, 15) is 0 Å². The molecule has 4 heteroatoms. The van der Waals surface area contributed by atoms with Gasteiger partial charge in [0, 0.05) is 18.3 Å². The van der Waals surface area contributed by atoms with Gasteiger partial charge in [-0.15, -0.1) is 0 Å². The molecule has 0 unspecified atom stereocenters. The van der Waals surface area contributed by atoms with Crippen molar-refractivity contribution in [1.29, 1.82) is 5.26 Å². The van der Waals surface area contributed by atoms with Crippen LogP contribution in [0.2, 0.25) is 0 Å². The molecule has 4 nitrogen and oxygen atoms in total. The topological polar surface area (TPSA) is 67.6 Å². The first-order chi connectivity index (χ1) is 8.24. The molecule has 0 aliphatic heterocycles. The molecule has 2 rings (SSSR count). The molecule has 17 heavy (non-hydrogen) atoms. The Balaban J connectivity index is 2.36. The number of hydrogen-bond acceptors (Lipinski definition) is 3. The molecule has 1 aromatic heterocycles. The minimum absolute atomic E-state index is 0.273. The van der Waals surface area contributed by atoms with Gasteiger partial charge in [-0.25, -0.2) is 0 Å². The predicted octanol–water partition coefficient (Wildman–Crippen LogP) is 1.84. The summed E-state index contributed by atoms with van der Waals surface area (Å²) in [6, 6.07) is 8.23. The second-order valence-corrected chi connectivity index (χ2v) is 3.93. The van der Waals surface area contributed by atoms with Gasteiger partial charge in [0.1, 0.15) is 6.54 Å². The van der Waals surface area contributed by atoms with Crippen molar-refractivity contribution >= 4 is 0 Å². The summed E-state index contributed by atoms with van der Waals surface area (Å²) in [5.74, 6) is 0. The fraction of sp³-hybridized carbons (Fsp3) is 0.231. The molecule has 2 N–H and O–H groups in total. The Hall–Kier alpha value is -2.12.